The standard InChI is InChI=1S/C27H36F2O3/c1-3-5-7-10-16-31-27(32-26(30)21-17-20(18-21)11-6-4-2)15-14-23(25(29)19-27)22-12-8-9-13-24(22)28/h8-9,12-15,19-21,23H,3-7,10-11,16-18H2,1-2H3. The first kappa shape index (κ1) is 24.6. The molecular weight excluding hydrogens is 410 g/mol. The second kappa shape index (κ2) is 11.7. The largest absolute Gasteiger partial charge is 0.425 e. The van der Waals surface area contributed by atoms with E-state index >= 15 is 4.39 Å². The number of carbonyl (C=O) groups is 1. The van der Waals surface area contributed by atoms with Gasteiger partial charge in [0, 0.05) is 11.6 Å². The molecule has 0 radical (unpaired) electrons. The minimum Gasteiger partial charge on any atom is -0.425 e. The molecule has 1 aromatic carbocycles. The Balaban J connectivity index is 1.69. The van der Waals surface area contributed by atoms with Gasteiger partial charge in [-0.05, 0) is 37.3 Å². The molecule has 0 aromatic heterocycles. The van der Waals surface area contributed by atoms with Crippen LogP contribution in [0.1, 0.15) is 83.1 Å². The Hall–Kier alpha value is -2.01. The maximum Gasteiger partial charge on any atom is 0.311 e. The molecule has 0 N–H and O–H groups in total. The maximum atomic E-state index is 15.2. The average molecular weight is 447 g/mol. The number of hydrogen-bond acceptors (Lipinski definition) is 3. The van der Waals surface area contributed by atoms with Crippen LogP contribution in [0.25, 0.3) is 0 Å². The first-order valence-electron chi connectivity index (χ1n) is 12.2. The fraction of sp³-hybridized carbons (Fsp3) is 0.593. The van der Waals surface area contributed by atoms with Crippen LogP contribution < -0.4 is 0 Å². The molecule has 0 heterocycles. The van der Waals surface area contributed by atoms with Crippen molar-refractivity contribution in [3.63, 3.8) is 0 Å². The van der Waals surface area contributed by atoms with Crippen LogP contribution in [0.2, 0.25) is 0 Å². The first-order valence-corrected chi connectivity index (χ1v) is 12.2. The van der Waals surface area contributed by atoms with Crippen LogP contribution in [0, 0.1) is 17.7 Å². The Labute approximate surface area is 190 Å². The topological polar surface area (TPSA) is 35.5 Å². The molecule has 32 heavy (non-hydrogen) atoms. The molecule has 3 nitrogen and oxygen atoms in total. The smallest absolute Gasteiger partial charge is 0.311 e. The molecular formula is C27H36F2O3. The van der Waals surface area contributed by atoms with Crippen LogP contribution in [0.15, 0.2) is 48.3 Å². The van der Waals surface area contributed by atoms with E-state index in [0.29, 0.717) is 12.5 Å². The highest BCUT2D eigenvalue weighted by molar-refractivity contribution is 5.74. The van der Waals surface area contributed by atoms with Crippen LogP contribution in [-0.4, -0.2) is 18.4 Å². The van der Waals surface area contributed by atoms with Gasteiger partial charge in [-0.25, -0.2) is 8.78 Å². The van der Waals surface area contributed by atoms with Gasteiger partial charge in [0.15, 0.2) is 0 Å². The van der Waals surface area contributed by atoms with Gasteiger partial charge in [0.1, 0.15) is 11.6 Å². The van der Waals surface area contributed by atoms with Crippen LogP contribution in [0.5, 0.6) is 0 Å². The van der Waals surface area contributed by atoms with E-state index in [1.807, 2.05) is 0 Å². The van der Waals surface area contributed by atoms with Crippen molar-refractivity contribution in [1.82, 2.24) is 0 Å². The molecule has 1 saturated carbocycles. The zero-order valence-corrected chi connectivity index (χ0v) is 19.3. The van der Waals surface area contributed by atoms with Gasteiger partial charge in [-0.1, -0.05) is 76.6 Å². The number of esters is 1. The summed E-state index contributed by atoms with van der Waals surface area (Å²) < 4.78 is 41.1. The zero-order valence-electron chi connectivity index (χ0n) is 19.3. The van der Waals surface area contributed by atoms with Crippen LogP contribution in [0.4, 0.5) is 8.78 Å². The summed E-state index contributed by atoms with van der Waals surface area (Å²) in [5.41, 5.74) is 0.248. The van der Waals surface area contributed by atoms with Crippen molar-refractivity contribution in [3.8, 4) is 0 Å². The highest BCUT2D eigenvalue weighted by Crippen LogP contribution is 2.41. The van der Waals surface area contributed by atoms with E-state index in [1.165, 1.54) is 24.6 Å². The monoisotopic (exact) mass is 446 g/mol. The summed E-state index contributed by atoms with van der Waals surface area (Å²) in [5, 5.41) is 0. The summed E-state index contributed by atoms with van der Waals surface area (Å²) in [4.78, 5) is 12.8. The second-order valence-electron chi connectivity index (χ2n) is 9.12. The van der Waals surface area contributed by atoms with Gasteiger partial charge in [-0.2, -0.15) is 0 Å². The molecule has 2 unspecified atom stereocenters. The summed E-state index contributed by atoms with van der Waals surface area (Å²) in [7, 11) is 0. The van der Waals surface area contributed by atoms with Crippen molar-refractivity contribution in [1.29, 1.82) is 0 Å². The van der Waals surface area contributed by atoms with Crippen LogP contribution in [0.3, 0.4) is 0 Å². The number of halogens is 2. The Morgan fingerprint density at radius 2 is 1.81 bits per heavy atom. The van der Waals surface area contributed by atoms with Gasteiger partial charge in [0.2, 0.25) is 0 Å². The van der Waals surface area contributed by atoms with Crippen LogP contribution >= 0.6 is 0 Å². The van der Waals surface area contributed by atoms with E-state index in [0.717, 1.165) is 51.4 Å². The fourth-order valence-electron chi connectivity index (χ4n) is 4.47. The summed E-state index contributed by atoms with van der Waals surface area (Å²) in [5.74, 6) is -3.40. The number of ether oxygens (including phenoxy) is 2. The summed E-state index contributed by atoms with van der Waals surface area (Å²) >= 11 is 0. The van der Waals surface area contributed by atoms with Gasteiger partial charge in [0.25, 0.3) is 5.79 Å². The highest BCUT2D eigenvalue weighted by Gasteiger charge is 2.42. The lowest BCUT2D eigenvalue weighted by molar-refractivity contribution is -0.201. The normalized spacial score (nSPS) is 27.0. The molecule has 2 atom stereocenters. The van der Waals surface area contributed by atoms with Crippen molar-refractivity contribution in [2.24, 2.45) is 11.8 Å². The minimum absolute atomic E-state index is 0.161. The van der Waals surface area contributed by atoms with Crippen molar-refractivity contribution in [3.05, 3.63) is 59.7 Å². The predicted octanol–water partition coefficient (Wildman–Crippen LogP) is 7.39. The van der Waals surface area contributed by atoms with Crippen LogP contribution in [-0.2, 0) is 14.3 Å². The minimum atomic E-state index is -1.57. The number of allylic oxidation sites excluding steroid dienone is 2. The molecule has 3 rings (SSSR count). The lowest BCUT2D eigenvalue weighted by atomic mass is 9.72. The molecule has 176 valence electrons. The SMILES string of the molecule is CCCCCCOC1(OC(=O)C2CC(CCCC)C2)C=CC(c2ccccc2F)C(F)=C1. The first-order chi connectivity index (χ1) is 15.5. The molecule has 1 aromatic rings. The third kappa shape index (κ3) is 6.28. The molecule has 2 aliphatic rings. The van der Waals surface area contributed by atoms with Crippen molar-refractivity contribution < 1.29 is 23.0 Å². The molecule has 2 aliphatic carbocycles. The van der Waals surface area contributed by atoms with Crippen molar-refractivity contribution in [2.75, 3.05) is 6.61 Å². The summed E-state index contributed by atoms with van der Waals surface area (Å²) in [6, 6.07) is 6.13. The third-order valence-electron chi connectivity index (χ3n) is 6.52. The van der Waals surface area contributed by atoms with E-state index in [2.05, 4.69) is 13.8 Å². The van der Waals surface area contributed by atoms with Crippen molar-refractivity contribution in [2.45, 2.75) is 83.3 Å². The lowest BCUT2D eigenvalue weighted by Crippen LogP contribution is -2.41. The van der Waals surface area contributed by atoms with Gasteiger partial charge < -0.3 is 9.47 Å². The van der Waals surface area contributed by atoms with Gasteiger partial charge >= 0.3 is 5.97 Å². The van der Waals surface area contributed by atoms with Gasteiger partial charge in [-0.15, -0.1) is 0 Å². The Kier molecular flexibility index (Phi) is 9.03. The highest BCUT2D eigenvalue weighted by atomic mass is 19.1. The molecule has 0 saturated heterocycles. The number of benzene rings is 1. The Morgan fingerprint density at radius 1 is 1.06 bits per heavy atom. The number of unbranched alkanes of at least 4 members (excludes halogenated alkanes) is 4. The molecule has 0 amide bonds. The summed E-state index contributed by atoms with van der Waals surface area (Å²) in [6.07, 6.45) is 13.4. The maximum absolute atomic E-state index is 15.2. The molecule has 1 fully saturated rings. The average Bonchev–Trinajstić information content (AvgIpc) is 2.73. The Morgan fingerprint density at radius 3 is 2.50 bits per heavy atom. The molecule has 5 heteroatoms. The van der Waals surface area contributed by atoms with E-state index in [9.17, 15) is 9.18 Å². The third-order valence-corrected chi connectivity index (χ3v) is 6.52. The van der Waals surface area contributed by atoms with E-state index in [-0.39, 0.29) is 17.5 Å². The summed E-state index contributed by atoms with van der Waals surface area (Å²) in [6.45, 7) is 4.65. The van der Waals surface area contributed by atoms with E-state index in [4.69, 9.17) is 9.47 Å². The number of carbonyl (C=O) groups excluding carboxylic acids is 1. The quantitative estimate of drug-likeness (QED) is 0.145. The Bertz CT molecular complexity index is 813. The van der Waals surface area contributed by atoms with Crippen molar-refractivity contribution >= 4 is 5.97 Å². The van der Waals surface area contributed by atoms with E-state index in [1.54, 1.807) is 24.3 Å². The van der Waals surface area contributed by atoms with Gasteiger partial charge in [-0.3, -0.25) is 4.79 Å². The number of rotatable bonds is 12. The molecule has 0 spiro atoms. The van der Waals surface area contributed by atoms with E-state index < -0.39 is 23.3 Å². The number of hydrogen-bond donors (Lipinski definition) is 0. The zero-order chi connectivity index (χ0) is 23.0. The lowest BCUT2D eigenvalue weighted by Gasteiger charge is -2.37. The second-order valence-corrected chi connectivity index (χ2v) is 9.12. The molecule has 0 aliphatic heterocycles. The fourth-order valence-corrected chi connectivity index (χ4v) is 4.47. The van der Waals surface area contributed by atoms with Gasteiger partial charge in [0.05, 0.1) is 18.4 Å². The predicted molar refractivity (Wildman–Crippen MR) is 122 cm³/mol. The molecule has 0 bridgehead atoms.